The highest BCUT2D eigenvalue weighted by molar-refractivity contribution is 6.01. The highest BCUT2D eigenvalue weighted by atomic mass is 19.4. The fourth-order valence-corrected chi connectivity index (χ4v) is 2.19. The van der Waals surface area contributed by atoms with Gasteiger partial charge in [-0.2, -0.15) is 13.2 Å². The Labute approximate surface area is 135 Å². The maximum absolute atomic E-state index is 12.7. The van der Waals surface area contributed by atoms with Crippen LogP contribution in [0, 0.1) is 0 Å². The van der Waals surface area contributed by atoms with Crippen LogP contribution in [0.1, 0.15) is 12.0 Å². The molecule has 1 aromatic heterocycles. The van der Waals surface area contributed by atoms with Gasteiger partial charge < -0.3 is 15.3 Å². The normalized spacial score (nSPS) is 20.5. The summed E-state index contributed by atoms with van der Waals surface area (Å²) in [7, 11) is 1.70. The van der Waals surface area contributed by atoms with Crippen LogP contribution in [0.5, 0.6) is 0 Å². The van der Waals surface area contributed by atoms with Gasteiger partial charge in [0.05, 0.1) is 12.1 Å². The van der Waals surface area contributed by atoms with Gasteiger partial charge >= 0.3 is 12.0 Å². The average molecular weight is 338 g/mol. The van der Waals surface area contributed by atoms with Gasteiger partial charge in [-0.15, -0.1) is 0 Å². The third kappa shape index (κ3) is 2.90. The van der Waals surface area contributed by atoms with Crippen molar-refractivity contribution in [1.29, 1.82) is 0 Å². The quantitative estimate of drug-likeness (QED) is 0.899. The summed E-state index contributed by atoms with van der Waals surface area (Å²) in [6.07, 6.45) is -2.40. The molecule has 1 aliphatic heterocycles. The van der Waals surface area contributed by atoms with E-state index in [-0.39, 0.29) is 5.71 Å². The second kappa shape index (κ2) is 5.75. The van der Waals surface area contributed by atoms with Crippen LogP contribution in [0.25, 0.3) is 11.1 Å². The lowest BCUT2D eigenvalue weighted by Gasteiger charge is -2.22. The predicted octanol–water partition coefficient (Wildman–Crippen LogP) is 2.56. The third-order valence-corrected chi connectivity index (χ3v) is 3.58. The van der Waals surface area contributed by atoms with E-state index in [0.29, 0.717) is 11.5 Å². The molecule has 0 bridgehead atoms. The number of rotatable bonds is 3. The van der Waals surface area contributed by atoms with Crippen molar-refractivity contribution in [3.63, 3.8) is 0 Å². The summed E-state index contributed by atoms with van der Waals surface area (Å²) in [5, 5.41) is 15.6. The molecule has 0 amide bonds. The Morgan fingerprint density at radius 3 is 2.17 bits per heavy atom. The zero-order chi connectivity index (χ0) is 17.4. The molecule has 0 fully saturated rings. The van der Waals surface area contributed by atoms with Gasteiger partial charge in [-0.05, 0) is 11.1 Å². The van der Waals surface area contributed by atoms with Crippen molar-refractivity contribution >= 4 is 11.7 Å². The zero-order valence-corrected chi connectivity index (χ0v) is 12.5. The van der Waals surface area contributed by atoms with Gasteiger partial charge in [0.1, 0.15) is 0 Å². The SMILES string of the molecule is CNc1ncc(-c2ccc(C3=NOC(O)(C(F)(F)F)C3)cc2)cn1. The minimum atomic E-state index is -4.91. The Kier molecular flexibility index (Phi) is 3.88. The number of aromatic nitrogens is 2. The van der Waals surface area contributed by atoms with E-state index in [9.17, 15) is 18.3 Å². The molecule has 0 saturated carbocycles. The summed E-state index contributed by atoms with van der Waals surface area (Å²) >= 11 is 0. The molecule has 0 saturated heterocycles. The molecule has 1 aromatic carbocycles. The molecular weight excluding hydrogens is 325 g/mol. The smallest absolute Gasteiger partial charge is 0.357 e. The molecule has 9 heteroatoms. The van der Waals surface area contributed by atoms with E-state index in [0.717, 1.165) is 11.1 Å². The second-order valence-corrected chi connectivity index (χ2v) is 5.21. The molecule has 1 atom stereocenters. The van der Waals surface area contributed by atoms with Gasteiger partial charge in [0.15, 0.2) is 0 Å². The molecule has 2 aromatic rings. The first kappa shape index (κ1) is 16.2. The van der Waals surface area contributed by atoms with E-state index in [2.05, 4.69) is 25.3 Å². The number of hydrogen-bond acceptors (Lipinski definition) is 6. The highest BCUT2D eigenvalue weighted by Gasteiger charge is 2.60. The first-order valence-corrected chi connectivity index (χ1v) is 6.97. The van der Waals surface area contributed by atoms with E-state index in [1.54, 1.807) is 43.7 Å². The molecule has 0 spiro atoms. The number of anilines is 1. The topological polar surface area (TPSA) is 79.6 Å². The highest BCUT2D eigenvalue weighted by Crippen LogP contribution is 2.39. The van der Waals surface area contributed by atoms with Gasteiger partial charge in [0.25, 0.3) is 0 Å². The number of hydrogen-bond donors (Lipinski definition) is 2. The summed E-state index contributed by atoms with van der Waals surface area (Å²) in [5.41, 5.74) is 2.03. The minimum absolute atomic E-state index is 0.0307. The molecule has 1 unspecified atom stereocenters. The standard InChI is InChI=1S/C15H13F3N4O2/c1-19-13-20-7-11(8-21-13)9-2-4-10(5-3-9)12-6-14(23,24-22-12)15(16,17)18/h2-5,7-8,23H,6H2,1H3,(H,19,20,21). The minimum Gasteiger partial charge on any atom is -0.357 e. The Balaban J connectivity index is 1.78. The van der Waals surface area contributed by atoms with Gasteiger partial charge in [0, 0.05) is 25.0 Å². The van der Waals surface area contributed by atoms with Gasteiger partial charge in [-0.1, -0.05) is 29.4 Å². The number of alkyl halides is 3. The molecule has 2 heterocycles. The molecule has 6 nitrogen and oxygen atoms in total. The van der Waals surface area contributed by atoms with Crippen LogP contribution >= 0.6 is 0 Å². The number of halogens is 3. The van der Waals surface area contributed by atoms with E-state index < -0.39 is 18.4 Å². The van der Waals surface area contributed by atoms with Crippen LogP contribution < -0.4 is 5.32 Å². The lowest BCUT2D eigenvalue weighted by atomic mass is 10.00. The average Bonchev–Trinajstić information content (AvgIpc) is 2.99. The zero-order valence-electron chi connectivity index (χ0n) is 12.5. The summed E-state index contributed by atoms with van der Waals surface area (Å²) in [6.45, 7) is 0. The summed E-state index contributed by atoms with van der Waals surface area (Å²) in [5.74, 6) is -2.78. The number of aliphatic hydroxyl groups is 1. The lowest BCUT2D eigenvalue weighted by molar-refractivity contribution is -0.355. The van der Waals surface area contributed by atoms with Crippen LogP contribution in [0.2, 0.25) is 0 Å². The first-order chi connectivity index (χ1) is 11.3. The van der Waals surface area contributed by atoms with Crippen molar-refractivity contribution in [1.82, 2.24) is 9.97 Å². The van der Waals surface area contributed by atoms with Crippen molar-refractivity contribution in [2.24, 2.45) is 5.16 Å². The van der Waals surface area contributed by atoms with Crippen LogP contribution in [-0.4, -0.2) is 39.8 Å². The predicted molar refractivity (Wildman–Crippen MR) is 80.3 cm³/mol. The van der Waals surface area contributed by atoms with Crippen molar-refractivity contribution in [3.8, 4) is 11.1 Å². The Hall–Kier alpha value is -2.68. The molecule has 0 radical (unpaired) electrons. The number of nitrogens with one attached hydrogen (secondary N) is 1. The maximum Gasteiger partial charge on any atom is 0.458 e. The van der Waals surface area contributed by atoms with Gasteiger partial charge in [-0.25, -0.2) is 9.97 Å². The molecule has 3 rings (SSSR count). The van der Waals surface area contributed by atoms with Gasteiger partial charge in [0.2, 0.25) is 5.95 Å². The monoisotopic (exact) mass is 338 g/mol. The molecular formula is C15H13F3N4O2. The van der Waals surface area contributed by atoms with Crippen LogP contribution in [0.4, 0.5) is 19.1 Å². The number of nitrogens with zero attached hydrogens (tertiary/aromatic N) is 3. The Morgan fingerprint density at radius 2 is 1.67 bits per heavy atom. The summed E-state index contributed by atoms with van der Waals surface area (Å²) in [4.78, 5) is 12.4. The Morgan fingerprint density at radius 1 is 1.08 bits per heavy atom. The van der Waals surface area contributed by atoms with E-state index >= 15 is 0 Å². The number of benzene rings is 1. The van der Waals surface area contributed by atoms with Gasteiger partial charge in [-0.3, -0.25) is 0 Å². The van der Waals surface area contributed by atoms with Crippen molar-refractivity contribution < 1.29 is 23.1 Å². The van der Waals surface area contributed by atoms with Crippen molar-refractivity contribution in [2.45, 2.75) is 18.4 Å². The third-order valence-electron chi connectivity index (χ3n) is 3.58. The molecule has 2 N–H and O–H groups in total. The van der Waals surface area contributed by atoms with E-state index in [4.69, 9.17) is 0 Å². The number of oxime groups is 1. The summed E-state index contributed by atoms with van der Waals surface area (Å²) in [6, 6.07) is 6.62. The molecule has 0 aliphatic carbocycles. The molecule has 1 aliphatic rings. The van der Waals surface area contributed by atoms with E-state index in [1.165, 1.54) is 0 Å². The van der Waals surface area contributed by atoms with Crippen LogP contribution in [0.3, 0.4) is 0 Å². The maximum atomic E-state index is 12.7. The van der Waals surface area contributed by atoms with E-state index in [1.807, 2.05) is 0 Å². The Bertz CT molecular complexity index is 760. The summed E-state index contributed by atoms with van der Waals surface area (Å²) < 4.78 is 38.1. The van der Waals surface area contributed by atoms with Crippen LogP contribution in [-0.2, 0) is 4.84 Å². The first-order valence-electron chi connectivity index (χ1n) is 6.97. The lowest BCUT2D eigenvalue weighted by Crippen LogP contribution is -2.45. The second-order valence-electron chi connectivity index (χ2n) is 5.21. The largest absolute Gasteiger partial charge is 0.458 e. The molecule has 24 heavy (non-hydrogen) atoms. The van der Waals surface area contributed by atoms with Crippen molar-refractivity contribution in [3.05, 3.63) is 42.2 Å². The van der Waals surface area contributed by atoms with Crippen molar-refractivity contribution in [2.75, 3.05) is 12.4 Å². The van der Waals surface area contributed by atoms with Crippen LogP contribution in [0.15, 0.2) is 41.8 Å². The molecule has 126 valence electrons. The fourth-order valence-electron chi connectivity index (χ4n) is 2.19. The fraction of sp³-hybridized carbons (Fsp3) is 0.267.